The highest BCUT2D eigenvalue weighted by atomic mass is 32.2. The van der Waals surface area contributed by atoms with Crippen LogP contribution < -0.4 is 21.9 Å². The number of fused-ring (bicyclic) bond motifs is 16. The zero-order chi connectivity index (χ0) is 30.8. The van der Waals surface area contributed by atoms with Crippen molar-refractivity contribution in [3.05, 3.63) is 133 Å². The molecule has 48 heavy (non-hydrogen) atoms. The maximum absolute atomic E-state index is 2.68. The fraction of sp³-hybridized carbons (Fsp3) is 0. The molecule has 0 aliphatic carbocycles. The Bertz CT molecular complexity index is 2790. The molecule has 2 aromatic heterocycles. The molecule has 0 bridgehead atoms. The molecular weight excluding hydrogens is 618 g/mol. The highest BCUT2D eigenvalue weighted by molar-refractivity contribution is 8.03. The van der Waals surface area contributed by atoms with Gasteiger partial charge in [-0.05, 0) is 57.2 Å². The summed E-state index contributed by atoms with van der Waals surface area (Å²) < 4.78 is 5.37. The van der Waals surface area contributed by atoms with Crippen molar-refractivity contribution in [2.24, 2.45) is 0 Å². The zero-order valence-corrected chi connectivity index (χ0v) is 27.2. The van der Waals surface area contributed by atoms with E-state index < -0.39 is 0 Å². The van der Waals surface area contributed by atoms with Crippen molar-refractivity contribution >= 4 is 103 Å². The van der Waals surface area contributed by atoms with Crippen LogP contribution in [-0.2, 0) is 0 Å². The predicted molar refractivity (Wildman–Crippen MR) is 205 cm³/mol. The van der Waals surface area contributed by atoms with E-state index in [1.165, 1.54) is 107 Å². The van der Waals surface area contributed by atoms with Gasteiger partial charge in [-0.1, -0.05) is 133 Å². The lowest BCUT2D eigenvalue weighted by molar-refractivity contribution is 1.21. The molecular formula is C42H22B2N2S2. The van der Waals surface area contributed by atoms with Crippen molar-refractivity contribution < 1.29 is 0 Å². The van der Waals surface area contributed by atoms with E-state index in [-0.39, 0.29) is 13.7 Å². The van der Waals surface area contributed by atoms with Gasteiger partial charge < -0.3 is 8.96 Å². The minimum Gasteiger partial charge on any atom is -0.375 e. The summed E-state index contributed by atoms with van der Waals surface area (Å²) in [6, 6.07) is 50.5. The van der Waals surface area contributed by atoms with Crippen molar-refractivity contribution in [2.45, 2.75) is 19.6 Å². The van der Waals surface area contributed by atoms with Crippen molar-refractivity contribution in [1.82, 2.24) is 8.96 Å². The molecule has 9 aromatic rings. The van der Waals surface area contributed by atoms with Crippen LogP contribution in [0.3, 0.4) is 0 Å². The summed E-state index contributed by atoms with van der Waals surface area (Å²) in [5.74, 6) is 0. The third kappa shape index (κ3) is 2.73. The van der Waals surface area contributed by atoms with E-state index in [1.807, 2.05) is 23.5 Å². The molecule has 0 unspecified atom stereocenters. The first-order valence-corrected chi connectivity index (χ1v) is 18.3. The fourth-order valence-corrected chi connectivity index (χ4v) is 12.4. The van der Waals surface area contributed by atoms with Crippen LogP contribution in [0.15, 0.2) is 153 Å². The largest absolute Gasteiger partial charge is 0.375 e. The second kappa shape index (κ2) is 8.51. The average molecular weight is 640 g/mol. The Morgan fingerprint density at radius 3 is 1.31 bits per heavy atom. The molecule has 6 heterocycles. The number of nitrogens with zero attached hydrogens (tertiary/aromatic N) is 2. The van der Waals surface area contributed by atoms with Crippen LogP contribution >= 0.6 is 23.5 Å². The summed E-state index contributed by atoms with van der Waals surface area (Å²) in [6.07, 6.45) is 0. The smallest absolute Gasteiger partial charge is 0.331 e. The molecule has 0 amide bonds. The number of aromatic nitrogens is 2. The Kier molecular flexibility index (Phi) is 4.44. The maximum Gasteiger partial charge on any atom is 0.331 e. The topological polar surface area (TPSA) is 9.86 Å². The molecule has 0 fully saturated rings. The number of para-hydroxylation sites is 4. The monoisotopic (exact) mass is 640 g/mol. The molecule has 2 nitrogen and oxygen atoms in total. The SMILES string of the molecule is c1ccc2c(c1)Sc1c3c4c(c5c1B2n1c2ccccc2c2cccc-5c21)-c1cccc2c5ccccc5n(c12)B4c1ccccc1S3. The molecule has 0 radical (unpaired) electrons. The zero-order valence-electron chi connectivity index (χ0n) is 25.6. The predicted octanol–water partition coefficient (Wildman–Crippen LogP) is 8.10. The van der Waals surface area contributed by atoms with Crippen molar-refractivity contribution in [3.8, 4) is 22.3 Å². The second-order valence-corrected chi connectivity index (χ2v) is 15.6. The number of benzene rings is 7. The Balaban J connectivity index is 1.32. The standard InChI is InChI=1S/C42H22B2N2S2/c1-5-19-31-23(11-1)25-13-9-15-27-35-36-28-16-10-14-26-24-12-2-6-20-32(24)46(40(26)28)44-30-18-4-8-22-34(30)48-42(38(36)44)41-37(35)43(45(31)39(25)27)29-17-3-7-21-33(29)47-41/h1-22H. The average Bonchev–Trinajstić information content (AvgIpc) is 3.66. The molecule has 13 rings (SSSR count). The van der Waals surface area contributed by atoms with Crippen LogP contribution in [0.2, 0.25) is 0 Å². The summed E-state index contributed by atoms with van der Waals surface area (Å²) in [4.78, 5) is 5.60. The molecule has 4 aliphatic heterocycles. The molecule has 7 aromatic carbocycles. The van der Waals surface area contributed by atoms with Gasteiger partial charge in [0.15, 0.2) is 0 Å². The van der Waals surface area contributed by atoms with Gasteiger partial charge in [0.25, 0.3) is 0 Å². The van der Waals surface area contributed by atoms with E-state index in [4.69, 9.17) is 0 Å². The first-order chi connectivity index (χ1) is 23.9. The lowest BCUT2D eigenvalue weighted by Crippen LogP contribution is -2.59. The number of hydrogen-bond donors (Lipinski definition) is 0. The van der Waals surface area contributed by atoms with Crippen molar-refractivity contribution in [2.75, 3.05) is 0 Å². The Labute approximate surface area is 285 Å². The third-order valence-corrected chi connectivity index (χ3v) is 14.0. The molecule has 6 heteroatoms. The summed E-state index contributed by atoms with van der Waals surface area (Å²) in [6.45, 7) is 0.184. The minimum atomic E-state index is 0.0921. The Morgan fingerprint density at radius 1 is 0.396 bits per heavy atom. The van der Waals surface area contributed by atoms with Crippen molar-refractivity contribution in [1.29, 1.82) is 0 Å². The minimum absolute atomic E-state index is 0.0921. The van der Waals surface area contributed by atoms with Gasteiger partial charge in [-0.2, -0.15) is 0 Å². The van der Waals surface area contributed by atoms with E-state index in [1.54, 1.807) is 0 Å². The van der Waals surface area contributed by atoms with E-state index >= 15 is 0 Å². The van der Waals surface area contributed by atoms with Crippen LogP contribution in [0.4, 0.5) is 0 Å². The van der Waals surface area contributed by atoms with Crippen LogP contribution in [0.5, 0.6) is 0 Å². The van der Waals surface area contributed by atoms with Gasteiger partial charge in [-0.3, -0.25) is 0 Å². The quantitative estimate of drug-likeness (QED) is 0.155. The van der Waals surface area contributed by atoms with Crippen LogP contribution in [0.25, 0.3) is 65.9 Å². The van der Waals surface area contributed by atoms with Gasteiger partial charge in [0, 0.05) is 74.3 Å². The van der Waals surface area contributed by atoms with Gasteiger partial charge in [0.05, 0.1) is 0 Å². The summed E-state index contributed by atoms with van der Waals surface area (Å²) in [5, 5.41) is 5.35. The molecule has 0 atom stereocenters. The molecule has 0 N–H and O–H groups in total. The van der Waals surface area contributed by atoms with E-state index in [0.717, 1.165) is 0 Å². The van der Waals surface area contributed by atoms with Crippen LogP contribution in [-0.4, -0.2) is 22.7 Å². The molecule has 218 valence electrons. The highest BCUT2D eigenvalue weighted by Crippen LogP contribution is 2.53. The van der Waals surface area contributed by atoms with Gasteiger partial charge in [-0.25, -0.2) is 0 Å². The highest BCUT2D eigenvalue weighted by Gasteiger charge is 2.48. The Morgan fingerprint density at radius 2 is 0.812 bits per heavy atom. The van der Waals surface area contributed by atoms with Crippen LogP contribution in [0, 0.1) is 0 Å². The van der Waals surface area contributed by atoms with Gasteiger partial charge in [0.2, 0.25) is 0 Å². The molecule has 0 saturated heterocycles. The van der Waals surface area contributed by atoms with Gasteiger partial charge in [-0.15, -0.1) is 0 Å². The van der Waals surface area contributed by atoms with Gasteiger partial charge >= 0.3 is 13.7 Å². The van der Waals surface area contributed by atoms with Gasteiger partial charge in [0.1, 0.15) is 0 Å². The van der Waals surface area contributed by atoms with Crippen LogP contribution in [0.1, 0.15) is 0 Å². The summed E-state index contributed by atoms with van der Waals surface area (Å²) >= 11 is 3.99. The first kappa shape index (κ1) is 25.0. The lowest BCUT2D eigenvalue weighted by atomic mass is 9.43. The third-order valence-electron chi connectivity index (χ3n) is 11.4. The van der Waals surface area contributed by atoms with E-state index in [9.17, 15) is 0 Å². The van der Waals surface area contributed by atoms with Crippen molar-refractivity contribution in [3.63, 3.8) is 0 Å². The maximum atomic E-state index is 2.68. The Hall–Kier alpha value is -5.03. The summed E-state index contributed by atoms with van der Waals surface area (Å²) in [5.41, 5.74) is 16.7. The molecule has 0 saturated carbocycles. The fourth-order valence-electron chi connectivity index (χ4n) is 9.74. The summed E-state index contributed by atoms with van der Waals surface area (Å²) in [7, 11) is 0. The lowest BCUT2D eigenvalue weighted by Gasteiger charge is -2.41. The van der Waals surface area contributed by atoms with E-state index in [2.05, 4.69) is 142 Å². The number of rotatable bonds is 0. The normalized spacial score (nSPS) is 14.4. The molecule has 0 spiro atoms. The second-order valence-electron chi connectivity index (χ2n) is 13.5. The molecule has 4 aliphatic rings. The van der Waals surface area contributed by atoms with E-state index in [0.29, 0.717) is 0 Å². The first-order valence-electron chi connectivity index (χ1n) is 16.7. The number of hydrogen-bond acceptors (Lipinski definition) is 2.